The fraction of sp³-hybridized carbons (Fsp3) is 0.133. The second-order valence-corrected chi connectivity index (χ2v) is 4.16. The Bertz CT molecular complexity index is 635. The quantitative estimate of drug-likeness (QED) is 0.918. The fourth-order valence-corrected chi connectivity index (χ4v) is 1.96. The van der Waals surface area contributed by atoms with Crippen molar-refractivity contribution in [2.45, 2.75) is 6.92 Å². The van der Waals surface area contributed by atoms with E-state index in [0.29, 0.717) is 11.1 Å². The van der Waals surface area contributed by atoms with E-state index in [1.54, 1.807) is 31.2 Å². The monoisotopic (exact) mass is 260 g/mol. The van der Waals surface area contributed by atoms with Gasteiger partial charge < -0.3 is 9.84 Å². The normalized spacial score (nSPS) is 10.3. The second-order valence-electron chi connectivity index (χ2n) is 4.16. The van der Waals surface area contributed by atoms with Crippen LogP contribution >= 0.6 is 0 Å². The molecule has 0 amide bonds. The van der Waals surface area contributed by atoms with Crippen molar-refractivity contribution in [3.05, 3.63) is 53.3 Å². The van der Waals surface area contributed by atoms with Crippen molar-refractivity contribution in [2.24, 2.45) is 0 Å². The summed E-state index contributed by atoms with van der Waals surface area (Å²) < 4.78 is 18.5. The number of hydrogen-bond acceptors (Lipinski definition) is 2. The molecule has 0 unspecified atom stereocenters. The van der Waals surface area contributed by atoms with Gasteiger partial charge in [0.1, 0.15) is 17.1 Å². The van der Waals surface area contributed by atoms with Crippen molar-refractivity contribution in [1.82, 2.24) is 0 Å². The molecule has 19 heavy (non-hydrogen) atoms. The van der Waals surface area contributed by atoms with E-state index in [1.807, 2.05) is 0 Å². The van der Waals surface area contributed by atoms with Gasteiger partial charge in [-0.2, -0.15) is 0 Å². The van der Waals surface area contributed by atoms with Crippen LogP contribution in [0.25, 0.3) is 11.1 Å². The topological polar surface area (TPSA) is 46.5 Å². The second kappa shape index (κ2) is 5.10. The van der Waals surface area contributed by atoms with Gasteiger partial charge in [-0.15, -0.1) is 0 Å². The zero-order valence-corrected chi connectivity index (χ0v) is 10.6. The van der Waals surface area contributed by atoms with Gasteiger partial charge in [0.2, 0.25) is 0 Å². The van der Waals surface area contributed by atoms with Crippen LogP contribution in [0.5, 0.6) is 5.75 Å². The summed E-state index contributed by atoms with van der Waals surface area (Å²) in [5.41, 5.74) is 1.94. The Balaban J connectivity index is 2.64. The highest BCUT2D eigenvalue weighted by Crippen LogP contribution is 2.33. The van der Waals surface area contributed by atoms with Gasteiger partial charge in [0, 0.05) is 5.56 Å². The molecule has 1 N–H and O–H groups in total. The van der Waals surface area contributed by atoms with E-state index in [2.05, 4.69) is 0 Å². The molecular formula is C15H13FO3. The summed E-state index contributed by atoms with van der Waals surface area (Å²) in [6, 6.07) is 9.49. The summed E-state index contributed by atoms with van der Waals surface area (Å²) in [7, 11) is 1.42. The molecule has 0 heterocycles. The first-order valence-corrected chi connectivity index (χ1v) is 5.71. The zero-order valence-electron chi connectivity index (χ0n) is 10.6. The number of hydrogen-bond donors (Lipinski definition) is 1. The minimum absolute atomic E-state index is 0.0852. The van der Waals surface area contributed by atoms with E-state index in [9.17, 15) is 9.18 Å². The van der Waals surface area contributed by atoms with Crippen molar-refractivity contribution in [3.63, 3.8) is 0 Å². The third kappa shape index (κ3) is 2.42. The number of para-hydroxylation sites is 1. The molecule has 0 radical (unpaired) electrons. The first-order chi connectivity index (χ1) is 9.04. The van der Waals surface area contributed by atoms with Crippen LogP contribution in [0.15, 0.2) is 36.4 Å². The van der Waals surface area contributed by atoms with Crippen molar-refractivity contribution in [3.8, 4) is 16.9 Å². The standard InChI is InChI=1S/C15H13FO3/c1-9-8-10(6-7-13(9)16)11-4-3-5-12(15(17)18)14(11)19-2/h3-8H,1-2H3,(H,17,18). The van der Waals surface area contributed by atoms with Gasteiger partial charge in [-0.3, -0.25) is 0 Å². The lowest BCUT2D eigenvalue weighted by molar-refractivity contribution is 0.0693. The van der Waals surface area contributed by atoms with Crippen LogP contribution < -0.4 is 4.74 Å². The SMILES string of the molecule is COc1c(C(=O)O)cccc1-c1ccc(F)c(C)c1. The molecule has 0 saturated carbocycles. The number of benzene rings is 2. The largest absolute Gasteiger partial charge is 0.495 e. The summed E-state index contributed by atoms with van der Waals surface area (Å²) in [6.07, 6.45) is 0. The van der Waals surface area contributed by atoms with Crippen LogP contribution in [-0.2, 0) is 0 Å². The minimum Gasteiger partial charge on any atom is -0.495 e. The van der Waals surface area contributed by atoms with Gasteiger partial charge >= 0.3 is 5.97 Å². The van der Waals surface area contributed by atoms with Crippen molar-refractivity contribution in [1.29, 1.82) is 0 Å². The maximum absolute atomic E-state index is 13.3. The molecule has 2 aromatic rings. The number of methoxy groups -OCH3 is 1. The lowest BCUT2D eigenvalue weighted by Gasteiger charge is -2.12. The van der Waals surface area contributed by atoms with Gasteiger partial charge in [-0.05, 0) is 36.2 Å². The van der Waals surface area contributed by atoms with E-state index in [-0.39, 0.29) is 17.1 Å². The third-order valence-corrected chi connectivity index (χ3v) is 2.92. The number of carbonyl (C=O) groups is 1. The predicted molar refractivity (Wildman–Crippen MR) is 70.1 cm³/mol. The lowest BCUT2D eigenvalue weighted by atomic mass is 9.99. The molecule has 0 aliphatic carbocycles. The Morgan fingerprint density at radius 1 is 1.26 bits per heavy atom. The summed E-state index contributed by atoms with van der Waals surface area (Å²) in [5, 5.41) is 9.13. The maximum Gasteiger partial charge on any atom is 0.339 e. The molecule has 2 rings (SSSR count). The van der Waals surface area contributed by atoms with Gasteiger partial charge in [0.15, 0.2) is 0 Å². The molecule has 0 fully saturated rings. The molecule has 4 heteroatoms. The molecule has 3 nitrogen and oxygen atoms in total. The van der Waals surface area contributed by atoms with E-state index < -0.39 is 5.97 Å². The Hall–Kier alpha value is -2.36. The number of rotatable bonds is 3. The first kappa shape index (κ1) is 13.1. The Kier molecular flexibility index (Phi) is 3.51. The Morgan fingerprint density at radius 3 is 2.58 bits per heavy atom. The first-order valence-electron chi connectivity index (χ1n) is 5.71. The Labute approximate surface area is 110 Å². The molecule has 0 spiro atoms. The van der Waals surface area contributed by atoms with Crippen LogP contribution in [0, 0.1) is 12.7 Å². The molecule has 0 bridgehead atoms. The number of carboxylic acids is 1. The van der Waals surface area contributed by atoms with Gasteiger partial charge in [-0.1, -0.05) is 18.2 Å². The lowest BCUT2D eigenvalue weighted by Crippen LogP contribution is -2.01. The highest BCUT2D eigenvalue weighted by molar-refractivity contribution is 5.94. The maximum atomic E-state index is 13.3. The molecule has 0 atom stereocenters. The zero-order chi connectivity index (χ0) is 14.0. The van der Waals surface area contributed by atoms with Crippen molar-refractivity contribution < 1.29 is 19.0 Å². The average molecular weight is 260 g/mol. The average Bonchev–Trinajstić information content (AvgIpc) is 2.40. The number of aromatic carboxylic acids is 1. The smallest absolute Gasteiger partial charge is 0.339 e. The third-order valence-electron chi connectivity index (χ3n) is 2.92. The Morgan fingerprint density at radius 2 is 2.00 bits per heavy atom. The summed E-state index contributed by atoms with van der Waals surface area (Å²) in [5.74, 6) is -1.07. The van der Waals surface area contributed by atoms with Gasteiger partial charge in [0.05, 0.1) is 7.11 Å². The van der Waals surface area contributed by atoms with Crippen molar-refractivity contribution in [2.75, 3.05) is 7.11 Å². The van der Waals surface area contributed by atoms with Crippen molar-refractivity contribution >= 4 is 5.97 Å². The molecule has 98 valence electrons. The minimum atomic E-state index is -1.06. The van der Waals surface area contributed by atoms with E-state index in [1.165, 1.54) is 19.2 Å². The number of ether oxygens (including phenoxy) is 1. The molecule has 0 aliphatic rings. The fourth-order valence-electron chi connectivity index (χ4n) is 1.96. The number of aryl methyl sites for hydroxylation is 1. The molecular weight excluding hydrogens is 247 g/mol. The summed E-state index contributed by atoms with van der Waals surface area (Å²) in [4.78, 5) is 11.1. The van der Waals surface area contributed by atoms with Crippen LogP contribution in [-0.4, -0.2) is 18.2 Å². The van der Waals surface area contributed by atoms with E-state index in [0.717, 1.165) is 5.56 Å². The molecule has 0 saturated heterocycles. The van der Waals surface area contributed by atoms with E-state index >= 15 is 0 Å². The predicted octanol–water partition coefficient (Wildman–Crippen LogP) is 3.51. The number of carboxylic acid groups (broad SMARTS) is 1. The summed E-state index contributed by atoms with van der Waals surface area (Å²) in [6.45, 7) is 1.66. The highest BCUT2D eigenvalue weighted by atomic mass is 19.1. The molecule has 0 aliphatic heterocycles. The van der Waals surface area contributed by atoms with Crippen LogP contribution in [0.2, 0.25) is 0 Å². The molecule has 2 aromatic carbocycles. The number of halogens is 1. The summed E-state index contributed by atoms with van der Waals surface area (Å²) >= 11 is 0. The van der Waals surface area contributed by atoms with Gasteiger partial charge in [-0.25, -0.2) is 9.18 Å². The van der Waals surface area contributed by atoms with Crippen LogP contribution in [0.4, 0.5) is 4.39 Å². The van der Waals surface area contributed by atoms with E-state index in [4.69, 9.17) is 9.84 Å². The highest BCUT2D eigenvalue weighted by Gasteiger charge is 2.16. The van der Waals surface area contributed by atoms with Gasteiger partial charge in [0.25, 0.3) is 0 Å². The van der Waals surface area contributed by atoms with Crippen LogP contribution in [0.1, 0.15) is 15.9 Å². The molecule has 0 aromatic heterocycles. The van der Waals surface area contributed by atoms with Crippen LogP contribution in [0.3, 0.4) is 0 Å².